The SMILES string of the molecule is COc1ccc(NC(=O)NCC(O)Cc2ccccc2)cc1F. The Hall–Kier alpha value is -2.60. The van der Waals surface area contributed by atoms with Crippen molar-refractivity contribution in [1.29, 1.82) is 0 Å². The van der Waals surface area contributed by atoms with Crippen molar-refractivity contribution in [3.05, 3.63) is 59.9 Å². The van der Waals surface area contributed by atoms with E-state index in [1.54, 1.807) is 0 Å². The highest BCUT2D eigenvalue weighted by Gasteiger charge is 2.09. The minimum absolute atomic E-state index is 0.0966. The van der Waals surface area contributed by atoms with Gasteiger partial charge in [-0.2, -0.15) is 0 Å². The number of amides is 2. The van der Waals surface area contributed by atoms with E-state index in [0.717, 1.165) is 5.56 Å². The molecule has 23 heavy (non-hydrogen) atoms. The number of carbonyl (C=O) groups is 1. The van der Waals surface area contributed by atoms with E-state index in [-0.39, 0.29) is 12.3 Å². The summed E-state index contributed by atoms with van der Waals surface area (Å²) in [6.45, 7) is 0.0966. The zero-order valence-corrected chi connectivity index (χ0v) is 12.8. The third kappa shape index (κ3) is 5.27. The lowest BCUT2D eigenvalue weighted by Gasteiger charge is -2.13. The van der Waals surface area contributed by atoms with Gasteiger partial charge < -0.3 is 20.5 Å². The van der Waals surface area contributed by atoms with Gasteiger partial charge in [0.25, 0.3) is 0 Å². The maximum absolute atomic E-state index is 13.5. The molecule has 0 aliphatic rings. The summed E-state index contributed by atoms with van der Waals surface area (Å²) in [5, 5.41) is 15.0. The highest BCUT2D eigenvalue weighted by atomic mass is 19.1. The van der Waals surface area contributed by atoms with Gasteiger partial charge >= 0.3 is 6.03 Å². The normalized spacial score (nSPS) is 11.6. The number of hydrogen-bond donors (Lipinski definition) is 3. The third-order valence-corrected chi connectivity index (χ3v) is 3.22. The molecule has 2 amide bonds. The molecule has 3 N–H and O–H groups in total. The van der Waals surface area contributed by atoms with Gasteiger partial charge in [-0.25, -0.2) is 9.18 Å². The van der Waals surface area contributed by atoms with Crippen LogP contribution in [-0.2, 0) is 6.42 Å². The second kappa shape index (κ2) is 8.14. The first kappa shape index (κ1) is 16.8. The third-order valence-electron chi connectivity index (χ3n) is 3.22. The van der Waals surface area contributed by atoms with E-state index in [4.69, 9.17) is 4.74 Å². The van der Waals surface area contributed by atoms with Gasteiger partial charge in [0.1, 0.15) is 0 Å². The first-order chi connectivity index (χ1) is 11.1. The Bertz CT molecular complexity index is 650. The second-order valence-corrected chi connectivity index (χ2v) is 5.03. The molecule has 0 spiro atoms. The monoisotopic (exact) mass is 318 g/mol. The van der Waals surface area contributed by atoms with Crippen molar-refractivity contribution in [2.75, 3.05) is 19.0 Å². The van der Waals surface area contributed by atoms with Crippen LogP contribution in [0.3, 0.4) is 0 Å². The first-order valence-electron chi connectivity index (χ1n) is 7.19. The Labute approximate surface area is 134 Å². The Morgan fingerprint density at radius 1 is 1.26 bits per heavy atom. The largest absolute Gasteiger partial charge is 0.494 e. The molecule has 0 aromatic heterocycles. The fourth-order valence-corrected chi connectivity index (χ4v) is 2.09. The van der Waals surface area contributed by atoms with Crippen LogP contribution in [-0.4, -0.2) is 30.9 Å². The molecular weight excluding hydrogens is 299 g/mol. The lowest BCUT2D eigenvalue weighted by Crippen LogP contribution is -2.36. The summed E-state index contributed by atoms with van der Waals surface area (Å²) in [4.78, 5) is 11.7. The van der Waals surface area contributed by atoms with Crippen LogP contribution in [0.2, 0.25) is 0 Å². The van der Waals surface area contributed by atoms with Crippen LogP contribution < -0.4 is 15.4 Å². The van der Waals surface area contributed by atoms with E-state index in [1.165, 1.54) is 25.3 Å². The van der Waals surface area contributed by atoms with Crippen molar-refractivity contribution < 1.29 is 19.0 Å². The predicted octanol–water partition coefficient (Wildman–Crippen LogP) is 2.56. The van der Waals surface area contributed by atoms with Crippen molar-refractivity contribution >= 4 is 11.7 Å². The van der Waals surface area contributed by atoms with Gasteiger partial charge in [0, 0.05) is 24.7 Å². The molecule has 0 heterocycles. The van der Waals surface area contributed by atoms with E-state index in [2.05, 4.69) is 10.6 Å². The van der Waals surface area contributed by atoms with E-state index in [0.29, 0.717) is 12.1 Å². The van der Waals surface area contributed by atoms with Crippen molar-refractivity contribution in [2.24, 2.45) is 0 Å². The van der Waals surface area contributed by atoms with Crippen molar-refractivity contribution in [2.45, 2.75) is 12.5 Å². The van der Waals surface area contributed by atoms with Crippen LogP contribution in [0, 0.1) is 5.82 Å². The molecule has 0 bridgehead atoms. The van der Waals surface area contributed by atoms with Gasteiger partial charge in [-0.3, -0.25) is 0 Å². The van der Waals surface area contributed by atoms with Gasteiger partial charge in [0.05, 0.1) is 13.2 Å². The van der Waals surface area contributed by atoms with Crippen LogP contribution in [0.15, 0.2) is 48.5 Å². The van der Waals surface area contributed by atoms with Gasteiger partial charge in [0.15, 0.2) is 11.6 Å². The lowest BCUT2D eigenvalue weighted by atomic mass is 10.1. The van der Waals surface area contributed by atoms with Crippen LogP contribution in [0.5, 0.6) is 5.75 Å². The topological polar surface area (TPSA) is 70.6 Å². The highest BCUT2D eigenvalue weighted by molar-refractivity contribution is 5.89. The quantitative estimate of drug-likeness (QED) is 0.766. The fraction of sp³-hybridized carbons (Fsp3) is 0.235. The number of rotatable bonds is 6. The van der Waals surface area contributed by atoms with Gasteiger partial charge in [0.2, 0.25) is 0 Å². The molecule has 122 valence electrons. The minimum atomic E-state index is -0.698. The Kier molecular flexibility index (Phi) is 5.94. The number of ether oxygens (including phenoxy) is 1. The number of carbonyl (C=O) groups excluding carboxylic acids is 1. The molecule has 0 fully saturated rings. The van der Waals surface area contributed by atoms with Crippen LogP contribution in [0.25, 0.3) is 0 Å². The van der Waals surface area contributed by atoms with Crippen LogP contribution >= 0.6 is 0 Å². The maximum Gasteiger partial charge on any atom is 0.319 e. The summed E-state index contributed by atoms with van der Waals surface area (Å²) in [5.74, 6) is -0.455. The fourth-order valence-electron chi connectivity index (χ4n) is 2.09. The number of benzene rings is 2. The predicted molar refractivity (Wildman–Crippen MR) is 86.1 cm³/mol. The van der Waals surface area contributed by atoms with E-state index >= 15 is 0 Å². The molecule has 0 saturated carbocycles. The summed E-state index contributed by atoms with van der Waals surface area (Å²) in [6, 6.07) is 13.1. The molecule has 1 atom stereocenters. The molecule has 2 aromatic rings. The molecule has 1 unspecified atom stereocenters. The number of aliphatic hydroxyl groups is 1. The summed E-state index contributed by atoms with van der Waals surface area (Å²) in [7, 11) is 1.37. The van der Waals surface area contributed by atoms with E-state index < -0.39 is 18.0 Å². The molecule has 0 aliphatic carbocycles. The molecular formula is C17H19FN2O3. The highest BCUT2D eigenvalue weighted by Crippen LogP contribution is 2.20. The molecule has 0 saturated heterocycles. The minimum Gasteiger partial charge on any atom is -0.494 e. The van der Waals surface area contributed by atoms with Crippen LogP contribution in [0.1, 0.15) is 5.56 Å². The number of hydrogen-bond acceptors (Lipinski definition) is 3. The summed E-state index contributed by atoms with van der Waals surface area (Å²) < 4.78 is 18.3. The van der Waals surface area contributed by atoms with Crippen molar-refractivity contribution in [3.8, 4) is 5.75 Å². The average Bonchev–Trinajstić information content (AvgIpc) is 2.54. The number of urea groups is 1. The standard InChI is InChI=1S/C17H19FN2O3/c1-23-16-8-7-13(10-15(16)18)20-17(22)19-11-14(21)9-12-5-3-2-4-6-12/h2-8,10,14,21H,9,11H2,1H3,(H2,19,20,22). The van der Waals surface area contributed by atoms with Crippen LogP contribution in [0.4, 0.5) is 14.9 Å². The average molecular weight is 318 g/mol. The number of nitrogens with one attached hydrogen (secondary N) is 2. The van der Waals surface area contributed by atoms with E-state index in [1.807, 2.05) is 30.3 Å². The maximum atomic E-state index is 13.5. The lowest BCUT2D eigenvalue weighted by molar-refractivity contribution is 0.172. The van der Waals surface area contributed by atoms with Gasteiger partial charge in [-0.05, 0) is 17.7 Å². The molecule has 2 rings (SSSR count). The number of aliphatic hydroxyl groups excluding tert-OH is 1. The van der Waals surface area contributed by atoms with Gasteiger partial charge in [-0.15, -0.1) is 0 Å². The molecule has 5 nitrogen and oxygen atoms in total. The molecule has 6 heteroatoms. The smallest absolute Gasteiger partial charge is 0.319 e. The number of methoxy groups -OCH3 is 1. The van der Waals surface area contributed by atoms with Crippen molar-refractivity contribution in [3.63, 3.8) is 0 Å². The van der Waals surface area contributed by atoms with Crippen molar-refractivity contribution in [1.82, 2.24) is 5.32 Å². The molecule has 0 radical (unpaired) electrons. The zero-order valence-electron chi connectivity index (χ0n) is 12.8. The summed E-state index contributed by atoms with van der Waals surface area (Å²) in [6.07, 6.45) is -0.256. The Morgan fingerprint density at radius 3 is 2.65 bits per heavy atom. The summed E-state index contributed by atoms with van der Waals surface area (Å²) in [5.41, 5.74) is 1.29. The summed E-state index contributed by atoms with van der Waals surface area (Å²) >= 11 is 0. The number of halogens is 1. The molecule has 0 aliphatic heterocycles. The second-order valence-electron chi connectivity index (χ2n) is 5.03. The Morgan fingerprint density at radius 2 is 2.00 bits per heavy atom. The first-order valence-corrected chi connectivity index (χ1v) is 7.19. The zero-order chi connectivity index (χ0) is 16.7. The molecule has 2 aromatic carbocycles. The van der Waals surface area contributed by atoms with Gasteiger partial charge in [-0.1, -0.05) is 30.3 Å². The Balaban J connectivity index is 1.79. The van der Waals surface area contributed by atoms with E-state index in [9.17, 15) is 14.3 Å². The number of anilines is 1.